The van der Waals surface area contributed by atoms with E-state index in [1.165, 1.54) is 0 Å². The molecule has 0 bridgehead atoms. The molecular formula is C19H18ClN5O. The van der Waals surface area contributed by atoms with Crippen LogP contribution in [0, 0.1) is 6.92 Å². The molecule has 0 aliphatic heterocycles. The van der Waals surface area contributed by atoms with Crippen LogP contribution in [0.25, 0.3) is 0 Å². The van der Waals surface area contributed by atoms with Gasteiger partial charge in [-0.1, -0.05) is 18.2 Å². The van der Waals surface area contributed by atoms with Gasteiger partial charge in [-0.2, -0.15) is 0 Å². The SMILES string of the molecule is Cc1cnc(Cl)nc1NCc1cccc(NC(=O)c2cccc(N)c2)c1. The number of aryl methyl sites for hydroxylation is 1. The van der Waals surface area contributed by atoms with Crippen LogP contribution in [0.5, 0.6) is 0 Å². The molecule has 3 aromatic rings. The Morgan fingerprint density at radius 3 is 2.81 bits per heavy atom. The molecular weight excluding hydrogens is 350 g/mol. The summed E-state index contributed by atoms with van der Waals surface area (Å²) in [6.45, 7) is 2.44. The van der Waals surface area contributed by atoms with Gasteiger partial charge in [0.2, 0.25) is 5.28 Å². The first-order chi connectivity index (χ1) is 12.5. The Bertz CT molecular complexity index is 945. The molecule has 7 heteroatoms. The Morgan fingerprint density at radius 2 is 2.00 bits per heavy atom. The number of rotatable bonds is 5. The number of hydrogen-bond donors (Lipinski definition) is 3. The van der Waals surface area contributed by atoms with E-state index in [2.05, 4.69) is 20.6 Å². The summed E-state index contributed by atoms with van der Waals surface area (Å²) in [6, 6.07) is 14.4. The quantitative estimate of drug-likeness (QED) is 0.470. The second-order valence-electron chi connectivity index (χ2n) is 5.80. The molecule has 0 saturated heterocycles. The highest BCUT2D eigenvalue weighted by Gasteiger charge is 2.07. The summed E-state index contributed by atoms with van der Waals surface area (Å²) in [7, 11) is 0. The van der Waals surface area contributed by atoms with Crippen LogP contribution in [-0.2, 0) is 6.54 Å². The van der Waals surface area contributed by atoms with Crippen LogP contribution >= 0.6 is 11.6 Å². The largest absolute Gasteiger partial charge is 0.399 e. The van der Waals surface area contributed by atoms with Crippen molar-refractivity contribution in [3.63, 3.8) is 0 Å². The molecule has 0 aliphatic rings. The third-order valence-corrected chi connectivity index (χ3v) is 3.92. The zero-order valence-electron chi connectivity index (χ0n) is 14.2. The summed E-state index contributed by atoms with van der Waals surface area (Å²) < 4.78 is 0. The Kier molecular flexibility index (Phi) is 5.34. The van der Waals surface area contributed by atoms with Gasteiger partial charge in [0.25, 0.3) is 5.91 Å². The second-order valence-corrected chi connectivity index (χ2v) is 6.14. The Hall–Kier alpha value is -3.12. The maximum absolute atomic E-state index is 12.3. The molecule has 1 heterocycles. The van der Waals surface area contributed by atoms with Gasteiger partial charge >= 0.3 is 0 Å². The van der Waals surface area contributed by atoms with Crippen molar-refractivity contribution in [1.82, 2.24) is 9.97 Å². The molecule has 132 valence electrons. The molecule has 0 atom stereocenters. The monoisotopic (exact) mass is 367 g/mol. The van der Waals surface area contributed by atoms with Crippen molar-refractivity contribution >= 4 is 34.7 Å². The number of nitrogen functional groups attached to an aromatic ring is 1. The molecule has 0 spiro atoms. The lowest BCUT2D eigenvalue weighted by Crippen LogP contribution is -2.12. The molecule has 4 N–H and O–H groups in total. The summed E-state index contributed by atoms with van der Waals surface area (Å²) in [4.78, 5) is 20.4. The molecule has 0 unspecified atom stereocenters. The third-order valence-electron chi connectivity index (χ3n) is 3.74. The van der Waals surface area contributed by atoms with Crippen LogP contribution in [0.2, 0.25) is 5.28 Å². The smallest absolute Gasteiger partial charge is 0.255 e. The van der Waals surface area contributed by atoms with Crippen molar-refractivity contribution < 1.29 is 4.79 Å². The van der Waals surface area contributed by atoms with Crippen molar-refractivity contribution in [3.8, 4) is 0 Å². The van der Waals surface area contributed by atoms with E-state index in [0.29, 0.717) is 29.3 Å². The number of nitrogens with zero attached hydrogens (tertiary/aromatic N) is 2. The van der Waals surface area contributed by atoms with Gasteiger partial charge in [-0.25, -0.2) is 9.97 Å². The van der Waals surface area contributed by atoms with Crippen molar-refractivity contribution in [2.24, 2.45) is 0 Å². The number of amides is 1. The molecule has 0 aliphatic carbocycles. The lowest BCUT2D eigenvalue weighted by molar-refractivity contribution is 0.102. The van der Waals surface area contributed by atoms with E-state index in [9.17, 15) is 4.79 Å². The summed E-state index contributed by atoms with van der Waals surface area (Å²) >= 11 is 5.83. The minimum Gasteiger partial charge on any atom is -0.399 e. The number of nitrogens with one attached hydrogen (secondary N) is 2. The van der Waals surface area contributed by atoms with Crippen molar-refractivity contribution in [2.45, 2.75) is 13.5 Å². The van der Waals surface area contributed by atoms with Crippen molar-refractivity contribution in [3.05, 3.63) is 76.7 Å². The molecule has 1 amide bonds. The van der Waals surface area contributed by atoms with Crippen molar-refractivity contribution in [1.29, 1.82) is 0 Å². The van der Waals surface area contributed by atoms with Crippen LogP contribution in [0.3, 0.4) is 0 Å². The summed E-state index contributed by atoms with van der Waals surface area (Å²) in [5, 5.41) is 6.30. The number of benzene rings is 2. The third kappa shape index (κ3) is 4.49. The number of hydrogen-bond acceptors (Lipinski definition) is 5. The van der Waals surface area contributed by atoms with Crippen LogP contribution in [-0.4, -0.2) is 15.9 Å². The van der Waals surface area contributed by atoms with Crippen LogP contribution < -0.4 is 16.4 Å². The maximum atomic E-state index is 12.3. The predicted octanol–water partition coefficient (Wildman–Crippen LogP) is 3.89. The van der Waals surface area contributed by atoms with E-state index in [-0.39, 0.29) is 11.2 Å². The summed E-state index contributed by atoms with van der Waals surface area (Å²) in [5.41, 5.74) is 9.38. The zero-order valence-corrected chi connectivity index (χ0v) is 14.9. The number of halogens is 1. The molecule has 0 saturated carbocycles. The molecule has 2 aromatic carbocycles. The first-order valence-electron chi connectivity index (χ1n) is 8.00. The van der Waals surface area contributed by atoms with Gasteiger partial charge in [0, 0.05) is 35.2 Å². The molecule has 1 aromatic heterocycles. The highest BCUT2D eigenvalue weighted by atomic mass is 35.5. The summed E-state index contributed by atoms with van der Waals surface area (Å²) in [5.74, 6) is 0.472. The second kappa shape index (κ2) is 7.84. The number of anilines is 3. The van der Waals surface area contributed by atoms with Crippen LogP contribution in [0.15, 0.2) is 54.7 Å². The number of carbonyl (C=O) groups is 1. The van der Waals surface area contributed by atoms with E-state index in [1.54, 1.807) is 30.5 Å². The number of aromatic nitrogens is 2. The minimum atomic E-state index is -0.208. The fourth-order valence-corrected chi connectivity index (χ4v) is 2.56. The van der Waals surface area contributed by atoms with Crippen molar-refractivity contribution in [2.75, 3.05) is 16.4 Å². The van der Waals surface area contributed by atoms with Gasteiger partial charge in [-0.3, -0.25) is 4.79 Å². The van der Waals surface area contributed by atoms with Gasteiger partial charge in [-0.15, -0.1) is 0 Å². The zero-order chi connectivity index (χ0) is 18.5. The lowest BCUT2D eigenvalue weighted by Gasteiger charge is -2.10. The van der Waals surface area contributed by atoms with Gasteiger partial charge in [-0.05, 0) is 54.4 Å². The van der Waals surface area contributed by atoms with E-state index >= 15 is 0 Å². The first kappa shape index (κ1) is 17.7. The van der Waals surface area contributed by atoms with E-state index in [1.807, 2.05) is 31.2 Å². The fraction of sp³-hybridized carbons (Fsp3) is 0.105. The first-order valence-corrected chi connectivity index (χ1v) is 8.38. The Morgan fingerprint density at radius 1 is 1.19 bits per heavy atom. The van der Waals surface area contributed by atoms with E-state index < -0.39 is 0 Å². The molecule has 26 heavy (non-hydrogen) atoms. The maximum Gasteiger partial charge on any atom is 0.255 e. The normalized spacial score (nSPS) is 10.4. The van der Waals surface area contributed by atoms with E-state index in [0.717, 1.165) is 11.1 Å². The highest BCUT2D eigenvalue weighted by molar-refractivity contribution is 6.28. The average Bonchev–Trinajstić information content (AvgIpc) is 2.63. The topological polar surface area (TPSA) is 92.9 Å². The molecule has 0 radical (unpaired) electrons. The summed E-state index contributed by atoms with van der Waals surface area (Å²) in [6.07, 6.45) is 1.67. The highest BCUT2D eigenvalue weighted by Crippen LogP contribution is 2.17. The number of nitrogens with two attached hydrogens (primary N) is 1. The van der Waals surface area contributed by atoms with E-state index in [4.69, 9.17) is 17.3 Å². The lowest BCUT2D eigenvalue weighted by atomic mass is 10.1. The van der Waals surface area contributed by atoms with Crippen LogP contribution in [0.4, 0.5) is 17.2 Å². The van der Waals surface area contributed by atoms with Crippen LogP contribution in [0.1, 0.15) is 21.5 Å². The Balaban J connectivity index is 1.68. The van der Waals surface area contributed by atoms with Gasteiger partial charge < -0.3 is 16.4 Å². The Labute approximate surface area is 156 Å². The fourth-order valence-electron chi connectivity index (χ4n) is 2.43. The van der Waals surface area contributed by atoms with Gasteiger partial charge in [0.1, 0.15) is 5.82 Å². The average molecular weight is 368 g/mol. The molecule has 3 rings (SSSR count). The standard InChI is InChI=1S/C19H18ClN5O/c1-12-10-23-19(20)25-17(12)22-11-13-4-2-7-16(8-13)24-18(26)14-5-3-6-15(21)9-14/h2-10H,11,21H2,1H3,(H,24,26)(H,22,23,25). The molecule has 6 nitrogen and oxygen atoms in total. The predicted molar refractivity (Wildman–Crippen MR) is 104 cm³/mol. The van der Waals surface area contributed by atoms with Gasteiger partial charge in [0.05, 0.1) is 0 Å². The van der Waals surface area contributed by atoms with Gasteiger partial charge in [0.15, 0.2) is 0 Å². The minimum absolute atomic E-state index is 0.196. The molecule has 0 fully saturated rings. The number of carbonyl (C=O) groups excluding carboxylic acids is 1.